The molecule has 27 heavy (non-hydrogen) atoms. The lowest BCUT2D eigenvalue weighted by atomic mass is 10.0. The Balaban J connectivity index is 1.56. The predicted molar refractivity (Wildman–Crippen MR) is 115 cm³/mol. The second kappa shape index (κ2) is 7.34. The molecule has 0 saturated carbocycles. The summed E-state index contributed by atoms with van der Waals surface area (Å²) in [6, 6.07) is 30.9. The molecule has 0 heterocycles. The lowest BCUT2D eigenvalue weighted by Crippen LogP contribution is -2.22. The van der Waals surface area contributed by atoms with Crippen LogP contribution in [0, 0.1) is 6.92 Å². The molecule has 0 fully saturated rings. The van der Waals surface area contributed by atoms with Gasteiger partial charge in [0.1, 0.15) is 0 Å². The third kappa shape index (κ3) is 3.82. The number of anilines is 1. The molecule has 4 aromatic rings. The minimum absolute atomic E-state index is 0.370. The van der Waals surface area contributed by atoms with Crippen molar-refractivity contribution in [1.29, 1.82) is 0 Å². The number of rotatable bonds is 3. The van der Waals surface area contributed by atoms with E-state index in [0.717, 1.165) is 22.1 Å². The summed E-state index contributed by atoms with van der Waals surface area (Å²) in [6.45, 7) is 2.10. The van der Waals surface area contributed by atoms with Gasteiger partial charge in [-0.2, -0.15) is 0 Å². The number of nitrogens with one attached hydrogen (secondary N) is 1. The highest BCUT2D eigenvalue weighted by atomic mass is 15.1. The van der Waals surface area contributed by atoms with Crippen molar-refractivity contribution in [2.75, 3.05) is 5.32 Å². The van der Waals surface area contributed by atoms with E-state index in [1.54, 1.807) is 0 Å². The van der Waals surface area contributed by atoms with Gasteiger partial charge in [-0.1, -0.05) is 78.4 Å². The monoisotopic (exact) mass is 351 g/mol. The van der Waals surface area contributed by atoms with Gasteiger partial charge in [0.05, 0.1) is 5.69 Å². The van der Waals surface area contributed by atoms with Gasteiger partial charge in [0, 0.05) is 11.1 Å². The first kappa shape index (κ1) is 16.9. The molecule has 4 rings (SSSR count). The van der Waals surface area contributed by atoms with Crippen molar-refractivity contribution in [3.8, 4) is 11.1 Å². The van der Waals surface area contributed by atoms with Crippen LogP contribution in [-0.2, 0) is 0 Å². The van der Waals surface area contributed by atoms with Crippen LogP contribution in [0.5, 0.6) is 0 Å². The van der Waals surface area contributed by atoms with Gasteiger partial charge < -0.3 is 11.1 Å². The molecule has 0 radical (unpaired) electrons. The molecule has 4 aromatic carbocycles. The second-order valence-corrected chi connectivity index (χ2v) is 6.57. The number of nitrogens with zero attached hydrogens (tertiary/aromatic N) is 1. The summed E-state index contributed by atoms with van der Waals surface area (Å²) >= 11 is 0. The average Bonchev–Trinajstić information content (AvgIpc) is 2.69. The van der Waals surface area contributed by atoms with E-state index in [0.29, 0.717) is 5.96 Å². The summed E-state index contributed by atoms with van der Waals surface area (Å²) in [6.07, 6.45) is 0. The number of hydrogen-bond acceptors (Lipinski definition) is 1. The molecule has 0 unspecified atom stereocenters. The standard InChI is InChI=1S/C24H21N3/c1-17-6-4-9-20(16-17)18-12-14-21(15-13-18)26-24(25)27-23-11-5-8-19-7-2-3-10-22(19)23/h2-16H,1H3,(H3,25,26,27). The van der Waals surface area contributed by atoms with Crippen LogP contribution < -0.4 is 11.1 Å². The van der Waals surface area contributed by atoms with E-state index in [1.807, 2.05) is 36.4 Å². The van der Waals surface area contributed by atoms with Gasteiger partial charge >= 0.3 is 0 Å². The summed E-state index contributed by atoms with van der Waals surface area (Å²) in [5.41, 5.74) is 11.5. The smallest absolute Gasteiger partial charge is 0.198 e. The fourth-order valence-electron chi connectivity index (χ4n) is 3.19. The maximum absolute atomic E-state index is 6.14. The van der Waals surface area contributed by atoms with Gasteiger partial charge in [0.25, 0.3) is 0 Å². The molecule has 3 heteroatoms. The first-order valence-electron chi connectivity index (χ1n) is 8.95. The fraction of sp³-hybridized carbons (Fsp3) is 0.0417. The summed E-state index contributed by atoms with van der Waals surface area (Å²) in [5, 5.41) is 5.50. The van der Waals surface area contributed by atoms with Crippen LogP contribution in [0.25, 0.3) is 21.9 Å². The molecule has 0 aliphatic heterocycles. The topological polar surface area (TPSA) is 50.4 Å². The van der Waals surface area contributed by atoms with Crippen molar-refractivity contribution in [1.82, 2.24) is 0 Å². The number of aryl methyl sites for hydroxylation is 1. The number of guanidine groups is 1. The minimum Gasteiger partial charge on any atom is -0.369 e. The zero-order chi connectivity index (χ0) is 18.6. The number of fused-ring (bicyclic) bond motifs is 1. The van der Waals surface area contributed by atoms with Crippen LogP contribution in [0.3, 0.4) is 0 Å². The van der Waals surface area contributed by atoms with Crippen molar-refractivity contribution < 1.29 is 0 Å². The number of nitrogens with two attached hydrogens (primary N) is 1. The third-order valence-electron chi connectivity index (χ3n) is 4.52. The summed E-state index contributed by atoms with van der Waals surface area (Å²) < 4.78 is 0. The largest absolute Gasteiger partial charge is 0.369 e. The normalized spacial score (nSPS) is 11.5. The number of benzene rings is 4. The lowest BCUT2D eigenvalue weighted by molar-refractivity contribution is 1.44. The summed E-state index contributed by atoms with van der Waals surface area (Å²) in [5.74, 6) is 0.370. The quantitative estimate of drug-likeness (QED) is 0.358. The number of aliphatic imine (C=N–C) groups is 1. The van der Waals surface area contributed by atoms with E-state index in [4.69, 9.17) is 5.73 Å². The van der Waals surface area contributed by atoms with Crippen LogP contribution in [0.4, 0.5) is 11.4 Å². The van der Waals surface area contributed by atoms with Crippen LogP contribution >= 0.6 is 0 Å². The highest BCUT2D eigenvalue weighted by molar-refractivity contribution is 6.03. The van der Waals surface area contributed by atoms with Crippen molar-refractivity contribution in [2.45, 2.75) is 6.92 Å². The second-order valence-electron chi connectivity index (χ2n) is 6.57. The zero-order valence-corrected chi connectivity index (χ0v) is 15.2. The van der Waals surface area contributed by atoms with Crippen LogP contribution in [-0.4, -0.2) is 5.96 Å². The van der Waals surface area contributed by atoms with Gasteiger partial charge in [-0.15, -0.1) is 0 Å². The van der Waals surface area contributed by atoms with Crippen molar-refractivity contribution in [3.63, 3.8) is 0 Å². The average molecular weight is 351 g/mol. The molecule has 3 nitrogen and oxygen atoms in total. The minimum atomic E-state index is 0.370. The van der Waals surface area contributed by atoms with Gasteiger partial charge in [0.15, 0.2) is 5.96 Å². The van der Waals surface area contributed by atoms with E-state index < -0.39 is 0 Å². The molecule has 0 saturated heterocycles. The van der Waals surface area contributed by atoms with Gasteiger partial charge in [-0.25, -0.2) is 4.99 Å². The molecule has 0 amide bonds. The van der Waals surface area contributed by atoms with Crippen LogP contribution in [0.15, 0.2) is 96.0 Å². The Morgan fingerprint density at radius 2 is 1.52 bits per heavy atom. The van der Waals surface area contributed by atoms with Crippen molar-refractivity contribution in [3.05, 3.63) is 96.6 Å². The van der Waals surface area contributed by atoms with Crippen LogP contribution in [0.1, 0.15) is 5.56 Å². The first-order chi connectivity index (χ1) is 13.2. The van der Waals surface area contributed by atoms with Crippen LogP contribution in [0.2, 0.25) is 0 Å². The van der Waals surface area contributed by atoms with E-state index >= 15 is 0 Å². The maximum Gasteiger partial charge on any atom is 0.198 e. The fourth-order valence-corrected chi connectivity index (χ4v) is 3.19. The van der Waals surface area contributed by atoms with E-state index in [1.165, 1.54) is 16.7 Å². The predicted octanol–water partition coefficient (Wildman–Crippen LogP) is 5.87. The number of hydrogen-bond donors (Lipinski definition) is 2. The highest BCUT2D eigenvalue weighted by Gasteiger charge is 2.02. The summed E-state index contributed by atoms with van der Waals surface area (Å²) in [4.78, 5) is 4.50. The molecule has 3 N–H and O–H groups in total. The van der Waals surface area contributed by atoms with Gasteiger partial charge in [-0.3, -0.25) is 0 Å². The molecule has 0 aliphatic carbocycles. The molecule has 0 atom stereocenters. The van der Waals surface area contributed by atoms with Crippen molar-refractivity contribution in [2.24, 2.45) is 10.7 Å². The molecular weight excluding hydrogens is 330 g/mol. The van der Waals surface area contributed by atoms with E-state index in [9.17, 15) is 0 Å². The first-order valence-corrected chi connectivity index (χ1v) is 8.95. The Morgan fingerprint density at radius 3 is 2.33 bits per heavy atom. The Hall–Kier alpha value is -3.59. The molecular formula is C24H21N3. The molecule has 132 valence electrons. The summed E-state index contributed by atoms with van der Waals surface area (Å²) in [7, 11) is 0. The Kier molecular flexibility index (Phi) is 4.58. The molecule has 0 bridgehead atoms. The highest BCUT2D eigenvalue weighted by Crippen LogP contribution is 2.25. The molecule has 0 aromatic heterocycles. The third-order valence-corrected chi connectivity index (χ3v) is 4.52. The Morgan fingerprint density at radius 1 is 0.778 bits per heavy atom. The Bertz CT molecular complexity index is 1110. The zero-order valence-electron chi connectivity index (χ0n) is 15.2. The van der Waals surface area contributed by atoms with Gasteiger partial charge in [-0.05, 0) is 41.6 Å². The van der Waals surface area contributed by atoms with Gasteiger partial charge in [0.2, 0.25) is 0 Å². The maximum atomic E-state index is 6.14. The van der Waals surface area contributed by atoms with E-state index in [-0.39, 0.29) is 0 Å². The molecule has 0 aliphatic rings. The Labute approximate surface area is 159 Å². The molecule has 0 spiro atoms. The van der Waals surface area contributed by atoms with Crippen molar-refractivity contribution >= 4 is 28.1 Å². The SMILES string of the molecule is Cc1cccc(-c2ccc(N=C(N)Nc3cccc4ccccc34)cc2)c1. The van der Waals surface area contributed by atoms with E-state index in [2.05, 4.69) is 71.8 Å². The lowest BCUT2D eigenvalue weighted by Gasteiger charge is -2.09.